The van der Waals surface area contributed by atoms with E-state index in [0.29, 0.717) is 6.42 Å². The smallest absolute Gasteiger partial charge is 0.387 e. The van der Waals surface area contributed by atoms with Gasteiger partial charge in [-0.05, 0) is 66.8 Å². The van der Waals surface area contributed by atoms with Crippen molar-refractivity contribution in [1.82, 2.24) is 0 Å². The summed E-state index contributed by atoms with van der Waals surface area (Å²) in [5.74, 6) is 0.157. The SMILES string of the molecule is CN(C)c1ccc(C=C2CCCC(=Cc3ccc(OC(F)F)cc3)C2=O)cc1. The third-order valence-electron chi connectivity index (χ3n) is 4.67. The van der Waals surface area contributed by atoms with Crippen LogP contribution in [0.15, 0.2) is 59.7 Å². The number of carbonyl (C=O) groups is 1. The highest BCUT2D eigenvalue weighted by Gasteiger charge is 2.20. The molecule has 0 aliphatic heterocycles. The normalized spacial score (nSPS) is 17.4. The molecule has 0 saturated heterocycles. The van der Waals surface area contributed by atoms with Gasteiger partial charge in [0.2, 0.25) is 0 Å². The Kier molecular flexibility index (Phi) is 6.24. The Hall–Kier alpha value is -2.95. The van der Waals surface area contributed by atoms with Gasteiger partial charge in [-0.3, -0.25) is 4.79 Å². The fourth-order valence-corrected chi connectivity index (χ4v) is 3.19. The maximum atomic E-state index is 12.9. The number of ketones is 1. The molecule has 1 saturated carbocycles. The van der Waals surface area contributed by atoms with Crippen LogP contribution in [0.25, 0.3) is 12.2 Å². The van der Waals surface area contributed by atoms with Crippen molar-refractivity contribution in [3.8, 4) is 5.75 Å². The van der Waals surface area contributed by atoms with Crippen molar-refractivity contribution in [2.75, 3.05) is 19.0 Å². The number of rotatable bonds is 5. The average Bonchev–Trinajstić information content (AvgIpc) is 2.66. The lowest BCUT2D eigenvalue weighted by Gasteiger charge is -2.17. The first-order valence-corrected chi connectivity index (χ1v) is 9.20. The Bertz CT molecular complexity index is 882. The molecule has 1 aliphatic rings. The fourth-order valence-electron chi connectivity index (χ4n) is 3.19. The van der Waals surface area contributed by atoms with Crippen LogP contribution in [-0.2, 0) is 4.79 Å². The summed E-state index contributed by atoms with van der Waals surface area (Å²) in [5.41, 5.74) is 4.44. The van der Waals surface area contributed by atoms with Crippen molar-refractivity contribution in [2.24, 2.45) is 0 Å². The standard InChI is InChI=1S/C23H23F2NO2/c1-26(2)20-10-6-16(7-11-20)14-18-4-3-5-19(22(18)27)15-17-8-12-21(13-9-17)28-23(24)25/h6-15,23H,3-5H2,1-2H3. The average molecular weight is 383 g/mol. The molecule has 0 radical (unpaired) electrons. The van der Waals surface area contributed by atoms with Crippen molar-refractivity contribution >= 4 is 23.6 Å². The highest BCUT2D eigenvalue weighted by atomic mass is 19.3. The van der Waals surface area contributed by atoms with E-state index in [9.17, 15) is 13.6 Å². The highest BCUT2D eigenvalue weighted by molar-refractivity contribution is 6.13. The first-order chi connectivity index (χ1) is 13.4. The van der Waals surface area contributed by atoms with Crippen LogP contribution in [0.2, 0.25) is 0 Å². The molecule has 0 unspecified atom stereocenters. The van der Waals surface area contributed by atoms with Gasteiger partial charge in [-0.15, -0.1) is 0 Å². The Morgan fingerprint density at radius 2 is 1.39 bits per heavy atom. The number of ether oxygens (including phenoxy) is 1. The Labute approximate surface area is 163 Å². The monoisotopic (exact) mass is 383 g/mol. The van der Waals surface area contributed by atoms with Crippen molar-refractivity contribution in [2.45, 2.75) is 25.9 Å². The zero-order valence-corrected chi connectivity index (χ0v) is 16.0. The Balaban J connectivity index is 1.77. The predicted octanol–water partition coefficient (Wildman–Crippen LogP) is 5.57. The lowest BCUT2D eigenvalue weighted by Crippen LogP contribution is -2.12. The van der Waals surface area contributed by atoms with Crippen LogP contribution in [0, 0.1) is 0 Å². The van der Waals surface area contributed by atoms with Gasteiger partial charge in [0.15, 0.2) is 5.78 Å². The van der Waals surface area contributed by atoms with Crippen LogP contribution in [0.1, 0.15) is 30.4 Å². The van der Waals surface area contributed by atoms with Crippen molar-refractivity contribution in [3.05, 3.63) is 70.8 Å². The van der Waals surface area contributed by atoms with E-state index in [1.807, 2.05) is 55.4 Å². The van der Waals surface area contributed by atoms with Gasteiger partial charge in [-0.2, -0.15) is 8.78 Å². The van der Waals surface area contributed by atoms with Gasteiger partial charge in [0, 0.05) is 30.9 Å². The molecule has 0 heterocycles. The Morgan fingerprint density at radius 1 is 0.893 bits per heavy atom. The van der Waals surface area contributed by atoms with Gasteiger partial charge in [-0.1, -0.05) is 24.3 Å². The van der Waals surface area contributed by atoms with Gasteiger partial charge < -0.3 is 9.64 Å². The minimum Gasteiger partial charge on any atom is -0.435 e. The van der Waals surface area contributed by atoms with E-state index in [1.54, 1.807) is 12.1 Å². The largest absolute Gasteiger partial charge is 0.435 e. The van der Waals surface area contributed by atoms with Crippen LogP contribution in [0.3, 0.4) is 0 Å². The molecule has 0 atom stereocenters. The van der Waals surface area contributed by atoms with Crippen LogP contribution in [-0.4, -0.2) is 26.5 Å². The second kappa shape index (κ2) is 8.83. The number of carbonyl (C=O) groups excluding carboxylic acids is 1. The number of anilines is 1. The molecule has 3 rings (SSSR count). The summed E-state index contributed by atoms with van der Waals surface area (Å²) in [6.07, 6.45) is 6.16. The summed E-state index contributed by atoms with van der Waals surface area (Å²) in [4.78, 5) is 14.9. The minimum absolute atomic E-state index is 0.0517. The molecule has 0 spiro atoms. The van der Waals surface area contributed by atoms with Crippen LogP contribution >= 0.6 is 0 Å². The lowest BCUT2D eigenvalue weighted by atomic mass is 9.87. The summed E-state index contributed by atoms with van der Waals surface area (Å²) in [5, 5.41) is 0. The second-order valence-electron chi connectivity index (χ2n) is 6.96. The molecule has 3 nitrogen and oxygen atoms in total. The quantitative estimate of drug-likeness (QED) is 0.632. The number of benzene rings is 2. The third-order valence-corrected chi connectivity index (χ3v) is 4.67. The zero-order chi connectivity index (χ0) is 20.1. The lowest BCUT2D eigenvalue weighted by molar-refractivity contribution is -0.112. The van der Waals surface area contributed by atoms with E-state index >= 15 is 0 Å². The van der Waals surface area contributed by atoms with Crippen molar-refractivity contribution in [3.63, 3.8) is 0 Å². The topological polar surface area (TPSA) is 29.5 Å². The number of hydrogen-bond donors (Lipinski definition) is 0. The molecule has 1 fully saturated rings. The maximum absolute atomic E-state index is 12.9. The molecular weight excluding hydrogens is 360 g/mol. The second-order valence-corrected chi connectivity index (χ2v) is 6.96. The van der Waals surface area contributed by atoms with Gasteiger partial charge in [0.1, 0.15) is 5.75 Å². The predicted molar refractivity (Wildman–Crippen MR) is 109 cm³/mol. The minimum atomic E-state index is -2.84. The summed E-state index contributed by atoms with van der Waals surface area (Å²) >= 11 is 0. The molecule has 2 aromatic carbocycles. The van der Waals surface area contributed by atoms with Crippen LogP contribution in [0.5, 0.6) is 5.75 Å². The molecule has 146 valence electrons. The summed E-state index contributed by atoms with van der Waals surface area (Å²) in [7, 11) is 3.97. The number of halogens is 2. The van der Waals surface area contributed by atoms with E-state index in [-0.39, 0.29) is 11.5 Å². The molecule has 0 amide bonds. The third kappa shape index (κ3) is 5.06. The summed E-state index contributed by atoms with van der Waals surface area (Å²) in [6.45, 7) is -2.84. The molecule has 0 aromatic heterocycles. The van der Waals surface area contributed by atoms with Crippen molar-refractivity contribution in [1.29, 1.82) is 0 Å². The highest BCUT2D eigenvalue weighted by Crippen LogP contribution is 2.29. The van der Waals surface area contributed by atoms with Crippen molar-refractivity contribution < 1.29 is 18.3 Å². The molecule has 28 heavy (non-hydrogen) atoms. The molecule has 0 N–H and O–H groups in total. The zero-order valence-electron chi connectivity index (χ0n) is 16.0. The number of alkyl halides is 2. The molecule has 0 bridgehead atoms. The molecule has 2 aromatic rings. The first-order valence-electron chi connectivity index (χ1n) is 9.20. The number of Topliss-reactive ketones (excluding diaryl/α,β-unsaturated/α-hetero) is 1. The van der Waals surface area contributed by atoms with E-state index in [1.165, 1.54) is 12.1 Å². The van der Waals surface area contributed by atoms with E-state index in [4.69, 9.17) is 0 Å². The first kappa shape index (κ1) is 19.8. The fraction of sp³-hybridized carbons (Fsp3) is 0.261. The van der Waals surface area contributed by atoms with Crippen LogP contribution in [0.4, 0.5) is 14.5 Å². The van der Waals surface area contributed by atoms with Gasteiger partial charge in [0.25, 0.3) is 0 Å². The molecular formula is C23H23F2NO2. The summed E-state index contributed by atoms with van der Waals surface area (Å²) in [6, 6.07) is 14.4. The van der Waals surface area contributed by atoms with Gasteiger partial charge >= 0.3 is 6.61 Å². The Morgan fingerprint density at radius 3 is 1.86 bits per heavy atom. The molecule has 5 heteroatoms. The number of hydrogen-bond acceptors (Lipinski definition) is 3. The van der Waals surface area contributed by atoms with E-state index in [0.717, 1.165) is 40.8 Å². The van der Waals surface area contributed by atoms with E-state index in [2.05, 4.69) is 4.74 Å². The maximum Gasteiger partial charge on any atom is 0.387 e. The summed E-state index contributed by atoms with van der Waals surface area (Å²) < 4.78 is 28.8. The number of nitrogens with zero attached hydrogens (tertiary/aromatic N) is 1. The number of allylic oxidation sites excluding steroid dienone is 2. The van der Waals surface area contributed by atoms with Crippen LogP contribution < -0.4 is 9.64 Å². The van der Waals surface area contributed by atoms with Gasteiger partial charge in [-0.25, -0.2) is 0 Å². The molecule has 1 aliphatic carbocycles. The van der Waals surface area contributed by atoms with Gasteiger partial charge in [0.05, 0.1) is 0 Å². The van der Waals surface area contributed by atoms with E-state index < -0.39 is 6.61 Å².